The van der Waals surface area contributed by atoms with Crippen molar-refractivity contribution in [2.24, 2.45) is 5.73 Å². The number of ether oxygens (including phenoxy) is 2. The average molecular weight is 377 g/mol. The number of nitrogens with zero attached hydrogens (tertiary/aromatic N) is 2. The van der Waals surface area contributed by atoms with Crippen LogP contribution in [0.5, 0.6) is 11.5 Å². The number of methoxy groups -OCH3 is 2. The molecule has 0 atom stereocenters. The molecule has 27 heavy (non-hydrogen) atoms. The summed E-state index contributed by atoms with van der Waals surface area (Å²) in [5, 5.41) is 0. The van der Waals surface area contributed by atoms with Crippen molar-refractivity contribution in [3.63, 3.8) is 0 Å². The van der Waals surface area contributed by atoms with Gasteiger partial charge in [0.05, 0.1) is 14.2 Å². The molecule has 0 unspecified atom stereocenters. The number of carbonyl (C=O) groups excluding carboxylic acids is 2. The molecule has 0 radical (unpaired) electrons. The van der Waals surface area contributed by atoms with Crippen LogP contribution >= 0.6 is 0 Å². The van der Waals surface area contributed by atoms with Crippen molar-refractivity contribution < 1.29 is 19.1 Å². The normalized spacial score (nSPS) is 14.2. The Kier molecular flexibility index (Phi) is 8.39. The van der Waals surface area contributed by atoms with Gasteiger partial charge in [-0.1, -0.05) is 12.8 Å². The molecule has 1 heterocycles. The first-order chi connectivity index (χ1) is 13.1. The lowest BCUT2D eigenvalue weighted by atomic mass is 10.1. The Morgan fingerprint density at radius 1 is 0.926 bits per heavy atom. The first kappa shape index (κ1) is 21.0. The summed E-state index contributed by atoms with van der Waals surface area (Å²) in [6.07, 6.45) is 4.63. The molecule has 0 saturated carbocycles. The molecule has 0 aromatic heterocycles. The highest BCUT2D eigenvalue weighted by molar-refractivity contribution is 5.95. The van der Waals surface area contributed by atoms with E-state index in [9.17, 15) is 9.59 Å². The van der Waals surface area contributed by atoms with Crippen molar-refractivity contribution in [2.75, 3.05) is 46.9 Å². The number of unbranched alkanes of at least 4 members (excludes halogenated alkanes) is 3. The van der Waals surface area contributed by atoms with Crippen LogP contribution in [0, 0.1) is 0 Å². The fourth-order valence-electron chi connectivity index (χ4n) is 3.24. The summed E-state index contributed by atoms with van der Waals surface area (Å²) in [5.74, 6) is 1.26. The molecule has 1 saturated heterocycles. The molecule has 1 aliphatic heterocycles. The van der Waals surface area contributed by atoms with Gasteiger partial charge in [-0.2, -0.15) is 0 Å². The molecule has 0 aliphatic carbocycles. The zero-order valence-corrected chi connectivity index (χ0v) is 16.4. The smallest absolute Gasteiger partial charge is 0.254 e. The minimum absolute atomic E-state index is 0.0511. The first-order valence-electron chi connectivity index (χ1n) is 9.59. The third kappa shape index (κ3) is 5.85. The predicted molar refractivity (Wildman–Crippen MR) is 104 cm³/mol. The molecule has 7 nitrogen and oxygen atoms in total. The molecule has 2 rings (SSSR count). The van der Waals surface area contributed by atoms with E-state index in [0.29, 0.717) is 56.2 Å². The first-order valence-corrected chi connectivity index (χ1v) is 9.59. The molecule has 0 spiro atoms. The van der Waals surface area contributed by atoms with E-state index in [0.717, 1.165) is 25.7 Å². The summed E-state index contributed by atoms with van der Waals surface area (Å²) in [6.45, 7) is 2.98. The third-order valence-corrected chi connectivity index (χ3v) is 4.89. The molecule has 7 heteroatoms. The largest absolute Gasteiger partial charge is 0.493 e. The zero-order chi connectivity index (χ0) is 19.6. The number of rotatable bonds is 9. The van der Waals surface area contributed by atoms with Crippen molar-refractivity contribution in [3.8, 4) is 11.5 Å². The summed E-state index contributed by atoms with van der Waals surface area (Å²) >= 11 is 0. The lowest BCUT2D eigenvalue weighted by Crippen LogP contribution is -2.50. The van der Waals surface area contributed by atoms with E-state index in [2.05, 4.69) is 0 Å². The van der Waals surface area contributed by atoms with Gasteiger partial charge < -0.3 is 25.0 Å². The monoisotopic (exact) mass is 377 g/mol. The van der Waals surface area contributed by atoms with Gasteiger partial charge in [-0.15, -0.1) is 0 Å². The molecular formula is C20H31N3O4. The lowest BCUT2D eigenvalue weighted by molar-refractivity contribution is -0.132. The van der Waals surface area contributed by atoms with Gasteiger partial charge in [0, 0.05) is 38.2 Å². The van der Waals surface area contributed by atoms with Crippen molar-refractivity contribution >= 4 is 11.8 Å². The van der Waals surface area contributed by atoms with Gasteiger partial charge in [-0.05, 0) is 37.6 Å². The number of amides is 2. The molecule has 150 valence electrons. The Bertz CT molecular complexity index is 628. The molecule has 2 N–H and O–H groups in total. The van der Waals surface area contributed by atoms with Gasteiger partial charge >= 0.3 is 0 Å². The van der Waals surface area contributed by atoms with E-state index in [1.807, 2.05) is 4.90 Å². The molecule has 1 aromatic carbocycles. The fraction of sp³-hybridized carbons (Fsp3) is 0.600. The van der Waals surface area contributed by atoms with E-state index in [1.54, 1.807) is 37.3 Å². The Balaban J connectivity index is 1.82. The topological polar surface area (TPSA) is 85.1 Å². The van der Waals surface area contributed by atoms with Crippen LogP contribution in [-0.4, -0.2) is 68.6 Å². The van der Waals surface area contributed by atoms with Gasteiger partial charge in [0.1, 0.15) is 0 Å². The number of carbonyl (C=O) groups is 2. The number of benzene rings is 1. The van der Waals surface area contributed by atoms with Crippen molar-refractivity contribution in [1.82, 2.24) is 9.80 Å². The Morgan fingerprint density at radius 2 is 1.56 bits per heavy atom. The van der Waals surface area contributed by atoms with E-state index in [1.165, 1.54) is 0 Å². The lowest BCUT2D eigenvalue weighted by Gasteiger charge is -2.35. The Morgan fingerprint density at radius 3 is 2.19 bits per heavy atom. The molecular weight excluding hydrogens is 346 g/mol. The Labute approximate surface area is 161 Å². The molecule has 1 aromatic rings. The summed E-state index contributed by atoms with van der Waals surface area (Å²) in [5.41, 5.74) is 6.04. The Hall–Kier alpha value is -2.28. The van der Waals surface area contributed by atoms with Gasteiger partial charge in [0.15, 0.2) is 11.5 Å². The highest BCUT2D eigenvalue weighted by atomic mass is 16.5. The predicted octanol–water partition coefficient (Wildman–Crippen LogP) is 1.90. The minimum Gasteiger partial charge on any atom is -0.493 e. The van der Waals surface area contributed by atoms with E-state index < -0.39 is 0 Å². The zero-order valence-electron chi connectivity index (χ0n) is 16.4. The average Bonchev–Trinajstić information content (AvgIpc) is 2.72. The summed E-state index contributed by atoms with van der Waals surface area (Å²) in [4.78, 5) is 28.7. The SMILES string of the molecule is COc1ccc(C(=O)N2CCN(C(=O)CCCCCCN)CC2)cc1OC. The van der Waals surface area contributed by atoms with Gasteiger partial charge in [0.2, 0.25) is 5.91 Å². The second kappa shape index (κ2) is 10.8. The maximum Gasteiger partial charge on any atom is 0.254 e. The van der Waals surface area contributed by atoms with Crippen molar-refractivity contribution in [3.05, 3.63) is 23.8 Å². The highest BCUT2D eigenvalue weighted by Gasteiger charge is 2.25. The highest BCUT2D eigenvalue weighted by Crippen LogP contribution is 2.28. The molecule has 2 amide bonds. The van der Waals surface area contributed by atoms with Crippen LogP contribution in [-0.2, 0) is 4.79 Å². The standard InChI is InChI=1S/C20H31N3O4/c1-26-17-9-8-16(15-18(17)27-2)20(25)23-13-11-22(12-14-23)19(24)7-5-3-4-6-10-21/h8-9,15H,3-7,10-14,21H2,1-2H3. The molecule has 1 fully saturated rings. The molecule has 1 aliphatic rings. The number of piperazine rings is 1. The summed E-state index contributed by atoms with van der Waals surface area (Å²) in [7, 11) is 3.11. The third-order valence-electron chi connectivity index (χ3n) is 4.89. The van der Waals surface area contributed by atoms with Gasteiger partial charge in [-0.25, -0.2) is 0 Å². The maximum atomic E-state index is 12.7. The van der Waals surface area contributed by atoms with Crippen LogP contribution in [0.3, 0.4) is 0 Å². The summed E-state index contributed by atoms with van der Waals surface area (Å²) < 4.78 is 10.5. The van der Waals surface area contributed by atoms with Crippen LogP contribution < -0.4 is 15.2 Å². The summed E-state index contributed by atoms with van der Waals surface area (Å²) in [6, 6.07) is 5.17. The number of nitrogens with two attached hydrogens (primary N) is 1. The van der Waals surface area contributed by atoms with Gasteiger partial charge in [0.25, 0.3) is 5.91 Å². The van der Waals surface area contributed by atoms with Crippen LogP contribution in [0.4, 0.5) is 0 Å². The van der Waals surface area contributed by atoms with Crippen LogP contribution in [0.1, 0.15) is 42.5 Å². The molecule has 0 bridgehead atoms. The van der Waals surface area contributed by atoms with E-state index in [-0.39, 0.29) is 11.8 Å². The van der Waals surface area contributed by atoms with Crippen molar-refractivity contribution in [2.45, 2.75) is 32.1 Å². The fourth-order valence-corrected chi connectivity index (χ4v) is 3.24. The van der Waals surface area contributed by atoms with E-state index in [4.69, 9.17) is 15.2 Å². The van der Waals surface area contributed by atoms with Crippen LogP contribution in [0.15, 0.2) is 18.2 Å². The van der Waals surface area contributed by atoms with Crippen LogP contribution in [0.25, 0.3) is 0 Å². The van der Waals surface area contributed by atoms with Crippen LogP contribution in [0.2, 0.25) is 0 Å². The quantitative estimate of drug-likeness (QED) is 0.665. The maximum absolute atomic E-state index is 12.7. The second-order valence-electron chi connectivity index (χ2n) is 6.70. The number of hydrogen-bond acceptors (Lipinski definition) is 5. The van der Waals surface area contributed by atoms with Gasteiger partial charge in [-0.3, -0.25) is 9.59 Å². The van der Waals surface area contributed by atoms with Crippen molar-refractivity contribution in [1.29, 1.82) is 0 Å². The second-order valence-corrected chi connectivity index (χ2v) is 6.70. The number of hydrogen-bond donors (Lipinski definition) is 1. The van der Waals surface area contributed by atoms with E-state index >= 15 is 0 Å². The minimum atomic E-state index is -0.0511.